The van der Waals surface area contributed by atoms with Gasteiger partial charge in [0.15, 0.2) is 0 Å². The lowest BCUT2D eigenvalue weighted by Gasteiger charge is -2.36. The molecule has 1 N–H and O–H groups in total. The minimum atomic E-state index is -0.203. The summed E-state index contributed by atoms with van der Waals surface area (Å²) in [7, 11) is 0. The Balaban J connectivity index is 1.17. The second-order valence-electron chi connectivity index (χ2n) is 7.89. The molecule has 3 aromatic carbocycles. The monoisotopic (exact) mass is 417 g/mol. The number of nitrogens with one attached hydrogen (secondary N) is 1. The van der Waals surface area contributed by atoms with Crippen LogP contribution in [0.5, 0.6) is 0 Å². The van der Waals surface area contributed by atoms with E-state index in [1.807, 2.05) is 42.5 Å². The summed E-state index contributed by atoms with van der Waals surface area (Å²) in [6.07, 6.45) is 0.396. The van der Waals surface area contributed by atoms with Gasteiger partial charge < -0.3 is 10.2 Å². The van der Waals surface area contributed by atoms with Gasteiger partial charge in [-0.05, 0) is 41.0 Å². The smallest absolute Gasteiger partial charge is 0.224 e. The molecule has 0 spiro atoms. The van der Waals surface area contributed by atoms with E-state index in [0.29, 0.717) is 13.0 Å². The number of amides is 1. The first-order chi connectivity index (χ1) is 15.2. The summed E-state index contributed by atoms with van der Waals surface area (Å²) in [6.45, 7) is 5.19. The van der Waals surface area contributed by atoms with E-state index in [1.54, 1.807) is 0 Å². The number of carbonyl (C=O) groups excluding carboxylic acids is 1. The van der Waals surface area contributed by atoms with Crippen molar-refractivity contribution in [2.45, 2.75) is 6.42 Å². The van der Waals surface area contributed by atoms with Crippen LogP contribution < -0.4 is 10.2 Å². The molecular formula is C26H28FN3O. The maximum absolute atomic E-state index is 13.1. The van der Waals surface area contributed by atoms with Gasteiger partial charge >= 0.3 is 0 Å². The predicted octanol–water partition coefficient (Wildman–Crippen LogP) is 3.97. The molecule has 0 bridgehead atoms. The number of carbonyl (C=O) groups is 1. The largest absolute Gasteiger partial charge is 0.369 e. The van der Waals surface area contributed by atoms with E-state index in [9.17, 15) is 9.18 Å². The van der Waals surface area contributed by atoms with Crippen LogP contribution >= 0.6 is 0 Å². The molecule has 31 heavy (non-hydrogen) atoms. The number of benzene rings is 3. The molecule has 5 heteroatoms. The van der Waals surface area contributed by atoms with Crippen molar-refractivity contribution in [2.24, 2.45) is 0 Å². The van der Waals surface area contributed by atoms with Crippen LogP contribution in [0.4, 0.5) is 10.1 Å². The molecule has 0 aromatic heterocycles. The normalized spacial score (nSPS) is 14.4. The summed E-state index contributed by atoms with van der Waals surface area (Å²) in [5, 5.41) is 3.04. The molecule has 1 aliphatic heterocycles. The minimum Gasteiger partial charge on any atom is -0.369 e. The molecule has 0 saturated carbocycles. The number of hydrogen-bond donors (Lipinski definition) is 1. The third-order valence-corrected chi connectivity index (χ3v) is 5.74. The fourth-order valence-electron chi connectivity index (χ4n) is 3.93. The van der Waals surface area contributed by atoms with Gasteiger partial charge in [0.25, 0.3) is 0 Å². The number of halogens is 1. The first-order valence-electron chi connectivity index (χ1n) is 10.8. The zero-order valence-corrected chi connectivity index (χ0v) is 17.6. The van der Waals surface area contributed by atoms with Crippen LogP contribution in [0.3, 0.4) is 0 Å². The Bertz CT molecular complexity index is 966. The van der Waals surface area contributed by atoms with E-state index in [0.717, 1.165) is 49.5 Å². The highest BCUT2D eigenvalue weighted by molar-refractivity contribution is 5.78. The van der Waals surface area contributed by atoms with Gasteiger partial charge in [0.05, 0.1) is 6.42 Å². The molecule has 1 aliphatic rings. The number of nitrogens with zero attached hydrogens (tertiary/aromatic N) is 2. The first kappa shape index (κ1) is 21.1. The third kappa shape index (κ3) is 5.92. The molecule has 0 unspecified atom stereocenters. The summed E-state index contributed by atoms with van der Waals surface area (Å²) in [5.74, 6) is -0.150. The molecule has 4 nitrogen and oxygen atoms in total. The van der Waals surface area contributed by atoms with Crippen LogP contribution in [0.25, 0.3) is 11.1 Å². The summed E-state index contributed by atoms with van der Waals surface area (Å²) in [5.41, 5.74) is 4.42. The van der Waals surface area contributed by atoms with E-state index in [1.165, 1.54) is 17.7 Å². The molecule has 160 valence electrons. The van der Waals surface area contributed by atoms with Gasteiger partial charge in [-0.1, -0.05) is 54.6 Å². The molecular weight excluding hydrogens is 389 g/mol. The quantitative estimate of drug-likeness (QED) is 0.632. The highest BCUT2D eigenvalue weighted by Gasteiger charge is 2.17. The zero-order valence-electron chi connectivity index (χ0n) is 17.6. The van der Waals surface area contributed by atoms with Crippen molar-refractivity contribution >= 4 is 11.6 Å². The number of hydrogen-bond acceptors (Lipinski definition) is 3. The Morgan fingerprint density at radius 3 is 2.13 bits per heavy atom. The van der Waals surface area contributed by atoms with E-state index >= 15 is 0 Å². The van der Waals surface area contributed by atoms with Crippen molar-refractivity contribution in [3.63, 3.8) is 0 Å². The van der Waals surface area contributed by atoms with Crippen molar-refractivity contribution in [3.8, 4) is 11.1 Å². The fourth-order valence-corrected chi connectivity index (χ4v) is 3.93. The van der Waals surface area contributed by atoms with E-state index < -0.39 is 0 Å². The van der Waals surface area contributed by atoms with Crippen LogP contribution in [0.2, 0.25) is 0 Å². The molecule has 1 amide bonds. The maximum atomic E-state index is 13.1. The summed E-state index contributed by atoms with van der Waals surface area (Å²) < 4.78 is 13.1. The van der Waals surface area contributed by atoms with Crippen molar-refractivity contribution in [2.75, 3.05) is 44.2 Å². The highest BCUT2D eigenvalue weighted by Crippen LogP contribution is 2.19. The van der Waals surface area contributed by atoms with Gasteiger partial charge in [0.1, 0.15) is 5.82 Å². The molecule has 0 aliphatic carbocycles. The molecule has 1 heterocycles. The van der Waals surface area contributed by atoms with Crippen LogP contribution in [0, 0.1) is 5.82 Å². The van der Waals surface area contributed by atoms with Gasteiger partial charge in [0.2, 0.25) is 5.91 Å². The average molecular weight is 418 g/mol. The van der Waals surface area contributed by atoms with Crippen LogP contribution in [-0.2, 0) is 11.2 Å². The topological polar surface area (TPSA) is 35.6 Å². The van der Waals surface area contributed by atoms with Crippen LogP contribution in [0.15, 0.2) is 78.9 Å². The number of anilines is 1. The second-order valence-corrected chi connectivity index (χ2v) is 7.89. The van der Waals surface area contributed by atoms with Gasteiger partial charge in [-0.25, -0.2) is 4.39 Å². The van der Waals surface area contributed by atoms with Crippen molar-refractivity contribution in [1.82, 2.24) is 10.2 Å². The number of piperazine rings is 1. The molecule has 1 saturated heterocycles. The lowest BCUT2D eigenvalue weighted by atomic mass is 10.0. The van der Waals surface area contributed by atoms with E-state index in [-0.39, 0.29) is 11.7 Å². The lowest BCUT2D eigenvalue weighted by molar-refractivity contribution is -0.120. The van der Waals surface area contributed by atoms with Crippen molar-refractivity contribution < 1.29 is 9.18 Å². The van der Waals surface area contributed by atoms with Crippen molar-refractivity contribution in [3.05, 3.63) is 90.2 Å². The standard InChI is InChI=1S/C26H28FN3O/c27-24-10-12-25(13-11-24)30-18-16-29(17-19-30)15-14-28-26(31)20-21-6-8-23(9-7-21)22-4-2-1-3-5-22/h1-13H,14-20H2,(H,28,31). The zero-order chi connectivity index (χ0) is 21.5. The molecule has 0 atom stereocenters. The Morgan fingerprint density at radius 2 is 1.45 bits per heavy atom. The minimum absolute atomic E-state index is 0.0532. The summed E-state index contributed by atoms with van der Waals surface area (Å²) in [6, 6.07) is 25.1. The van der Waals surface area contributed by atoms with E-state index in [4.69, 9.17) is 0 Å². The van der Waals surface area contributed by atoms with E-state index in [2.05, 4.69) is 39.4 Å². The number of rotatable bonds is 7. The SMILES string of the molecule is O=C(Cc1ccc(-c2ccccc2)cc1)NCCN1CCN(c2ccc(F)cc2)CC1. The Morgan fingerprint density at radius 1 is 0.806 bits per heavy atom. The van der Waals surface area contributed by atoms with Gasteiger partial charge in [-0.3, -0.25) is 9.69 Å². The van der Waals surface area contributed by atoms with Gasteiger partial charge in [-0.15, -0.1) is 0 Å². The Labute approximate surface area is 183 Å². The Hall–Kier alpha value is -3.18. The molecule has 0 radical (unpaired) electrons. The predicted molar refractivity (Wildman–Crippen MR) is 124 cm³/mol. The maximum Gasteiger partial charge on any atom is 0.224 e. The van der Waals surface area contributed by atoms with Gasteiger partial charge in [0, 0.05) is 45.0 Å². The summed E-state index contributed by atoms with van der Waals surface area (Å²) >= 11 is 0. The molecule has 4 rings (SSSR count). The third-order valence-electron chi connectivity index (χ3n) is 5.74. The van der Waals surface area contributed by atoms with Crippen LogP contribution in [0.1, 0.15) is 5.56 Å². The Kier molecular flexibility index (Phi) is 6.95. The first-order valence-corrected chi connectivity index (χ1v) is 10.8. The van der Waals surface area contributed by atoms with Gasteiger partial charge in [-0.2, -0.15) is 0 Å². The average Bonchev–Trinajstić information content (AvgIpc) is 2.81. The summed E-state index contributed by atoms with van der Waals surface area (Å²) in [4.78, 5) is 16.9. The van der Waals surface area contributed by atoms with Crippen molar-refractivity contribution in [1.29, 1.82) is 0 Å². The second kappa shape index (κ2) is 10.2. The fraction of sp³-hybridized carbons (Fsp3) is 0.269. The van der Waals surface area contributed by atoms with Crippen LogP contribution in [-0.4, -0.2) is 50.1 Å². The lowest BCUT2D eigenvalue weighted by Crippen LogP contribution is -2.48. The highest BCUT2D eigenvalue weighted by atomic mass is 19.1. The molecule has 3 aromatic rings. The molecule has 1 fully saturated rings.